The molecule has 2 saturated heterocycles. The molecule has 0 unspecified atom stereocenters. The highest BCUT2D eigenvalue weighted by molar-refractivity contribution is 6.06. The van der Waals surface area contributed by atoms with Gasteiger partial charge in [0.1, 0.15) is 23.3 Å². The fourth-order valence-corrected chi connectivity index (χ4v) is 5.42. The minimum absolute atomic E-state index is 0.0541. The molecule has 1 amide bonds. The Morgan fingerprint density at radius 1 is 1.38 bits per heavy atom. The molecule has 2 aliphatic heterocycles. The van der Waals surface area contributed by atoms with Crippen LogP contribution in [0.25, 0.3) is 5.65 Å². The number of aromatic nitrogens is 3. The molecule has 4 fully saturated rings. The molecule has 5 heterocycles. The molecule has 9 heteroatoms. The van der Waals surface area contributed by atoms with E-state index in [2.05, 4.69) is 12.2 Å². The molecule has 3 aromatic rings. The first-order valence-electron chi connectivity index (χ1n) is 11.8. The molecule has 3 aromatic heterocycles. The van der Waals surface area contributed by atoms with Crippen molar-refractivity contribution >= 4 is 17.2 Å². The SMILES string of the molecule is CCCOc1cc2nc(C34COC(C)(C3)C4)cn2cc1C(=O)Nc1cccn([C@@H]2C[C@@H]2F)c1=O. The highest BCUT2D eigenvalue weighted by atomic mass is 19.1. The lowest BCUT2D eigenvalue weighted by Gasteiger charge is -2.41. The van der Waals surface area contributed by atoms with Gasteiger partial charge in [0.25, 0.3) is 11.5 Å². The standard InChI is InChI=1S/C25H27FN4O4/c1-3-7-33-19-9-21-28-20(25-12-24(2,13-25)34-14-25)11-29(21)10-15(19)22(31)27-17-5-4-6-30(23(17)32)18-8-16(18)26/h4-6,9-11,16,18H,3,7-8,12-14H2,1-2H3,(H,27,31)/t16-,18+,24?,25?/m0/s1. The Kier molecular flexibility index (Phi) is 4.64. The first-order valence-corrected chi connectivity index (χ1v) is 11.8. The third kappa shape index (κ3) is 3.33. The van der Waals surface area contributed by atoms with Gasteiger partial charge in [0, 0.05) is 36.5 Å². The van der Waals surface area contributed by atoms with Gasteiger partial charge in [-0.1, -0.05) is 6.92 Å². The molecule has 0 spiro atoms. The Morgan fingerprint density at radius 3 is 2.85 bits per heavy atom. The molecular weight excluding hydrogens is 439 g/mol. The molecule has 34 heavy (non-hydrogen) atoms. The summed E-state index contributed by atoms with van der Waals surface area (Å²) in [6, 6.07) is 4.47. The van der Waals surface area contributed by atoms with Crippen molar-refractivity contribution in [3.05, 3.63) is 58.4 Å². The number of alkyl halides is 1. The van der Waals surface area contributed by atoms with E-state index in [0.717, 1.165) is 25.0 Å². The predicted molar refractivity (Wildman–Crippen MR) is 123 cm³/mol. The molecule has 2 saturated carbocycles. The molecule has 2 atom stereocenters. The summed E-state index contributed by atoms with van der Waals surface area (Å²) in [5.41, 5.74) is 1.51. The van der Waals surface area contributed by atoms with Gasteiger partial charge in [0.2, 0.25) is 0 Å². The number of hydrogen-bond acceptors (Lipinski definition) is 5. The number of carbonyl (C=O) groups is 1. The highest BCUT2D eigenvalue weighted by Gasteiger charge is 2.61. The number of halogens is 1. The number of hydrogen-bond donors (Lipinski definition) is 1. The topological polar surface area (TPSA) is 86.9 Å². The molecule has 2 aliphatic carbocycles. The number of nitrogens with zero attached hydrogens (tertiary/aromatic N) is 3. The Labute approximate surface area is 195 Å². The van der Waals surface area contributed by atoms with Crippen LogP contribution in [0, 0.1) is 0 Å². The van der Waals surface area contributed by atoms with Crippen LogP contribution in [0.1, 0.15) is 61.6 Å². The minimum atomic E-state index is -1.02. The van der Waals surface area contributed by atoms with Gasteiger partial charge in [-0.3, -0.25) is 9.59 Å². The number of pyridine rings is 2. The van der Waals surface area contributed by atoms with E-state index < -0.39 is 23.7 Å². The summed E-state index contributed by atoms with van der Waals surface area (Å²) in [5, 5.41) is 2.70. The van der Waals surface area contributed by atoms with Crippen LogP contribution in [-0.2, 0) is 10.2 Å². The number of imidazole rings is 1. The summed E-state index contributed by atoms with van der Waals surface area (Å²) in [6.45, 7) is 5.21. The number of ether oxygens (including phenoxy) is 2. The van der Waals surface area contributed by atoms with E-state index >= 15 is 0 Å². The van der Waals surface area contributed by atoms with Crippen LogP contribution < -0.4 is 15.6 Å². The molecule has 1 N–H and O–H groups in total. The smallest absolute Gasteiger partial charge is 0.274 e. The summed E-state index contributed by atoms with van der Waals surface area (Å²) in [7, 11) is 0. The predicted octanol–water partition coefficient (Wildman–Crippen LogP) is 3.64. The molecule has 8 nitrogen and oxygen atoms in total. The second-order valence-corrected chi connectivity index (χ2v) is 10.1. The van der Waals surface area contributed by atoms with E-state index in [9.17, 15) is 14.0 Å². The zero-order chi connectivity index (χ0) is 23.7. The van der Waals surface area contributed by atoms with Crippen LogP contribution in [0.2, 0.25) is 0 Å². The minimum Gasteiger partial charge on any atom is -0.493 e. The average Bonchev–Trinajstić information content (AvgIpc) is 3.11. The van der Waals surface area contributed by atoms with Crippen LogP contribution in [0.3, 0.4) is 0 Å². The van der Waals surface area contributed by atoms with E-state index in [1.807, 2.05) is 17.5 Å². The third-order valence-corrected chi connectivity index (χ3v) is 7.19. The van der Waals surface area contributed by atoms with E-state index in [0.29, 0.717) is 36.6 Å². The van der Waals surface area contributed by atoms with Gasteiger partial charge in [0.15, 0.2) is 0 Å². The second kappa shape index (κ2) is 7.40. The molecule has 7 rings (SSSR count). The van der Waals surface area contributed by atoms with Crippen LogP contribution in [-0.4, -0.2) is 44.8 Å². The molecular formula is C25H27FN4O4. The highest BCUT2D eigenvalue weighted by Crippen LogP contribution is 2.58. The lowest BCUT2D eigenvalue weighted by atomic mass is 9.62. The Morgan fingerprint density at radius 2 is 2.18 bits per heavy atom. The van der Waals surface area contributed by atoms with Gasteiger partial charge in [-0.05, 0) is 38.3 Å². The van der Waals surface area contributed by atoms with Crippen molar-refractivity contribution in [1.29, 1.82) is 0 Å². The quantitative estimate of drug-likeness (QED) is 0.575. The van der Waals surface area contributed by atoms with Gasteiger partial charge in [-0.25, -0.2) is 9.37 Å². The number of amides is 1. The van der Waals surface area contributed by atoms with Crippen molar-refractivity contribution in [2.75, 3.05) is 18.5 Å². The van der Waals surface area contributed by atoms with E-state index in [1.165, 1.54) is 10.6 Å². The summed E-state index contributed by atoms with van der Waals surface area (Å²) >= 11 is 0. The molecule has 178 valence electrons. The van der Waals surface area contributed by atoms with Crippen molar-refractivity contribution in [3.8, 4) is 5.75 Å². The number of rotatable bonds is 7. The Balaban J connectivity index is 1.33. The monoisotopic (exact) mass is 466 g/mol. The zero-order valence-corrected chi connectivity index (χ0v) is 19.2. The summed E-state index contributed by atoms with van der Waals surface area (Å²) in [6.07, 6.45) is 7.15. The number of anilines is 1. The van der Waals surface area contributed by atoms with Gasteiger partial charge in [0.05, 0.1) is 36.1 Å². The summed E-state index contributed by atoms with van der Waals surface area (Å²) < 4.78 is 28.5. The third-order valence-electron chi connectivity index (χ3n) is 7.19. The van der Waals surface area contributed by atoms with Crippen LogP contribution in [0.5, 0.6) is 5.75 Å². The fraction of sp³-hybridized carbons (Fsp3) is 0.480. The van der Waals surface area contributed by atoms with E-state index in [4.69, 9.17) is 14.5 Å². The maximum atomic E-state index is 13.5. The number of fused-ring (bicyclic) bond motifs is 2. The summed E-state index contributed by atoms with van der Waals surface area (Å²) in [5.74, 6) is -0.0610. The zero-order valence-electron chi connectivity index (χ0n) is 19.2. The fourth-order valence-electron chi connectivity index (χ4n) is 5.42. The van der Waals surface area contributed by atoms with E-state index in [1.54, 1.807) is 24.5 Å². The van der Waals surface area contributed by atoms with Gasteiger partial charge < -0.3 is 23.8 Å². The largest absolute Gasteiger partial charge is 0.493 e. The van der Waals surface area contributed by atoms with Crippen molar-refractivity contribution in [1.82, 2.24) is 14.0 Å². The van der Waals surface area contributed by atoms with Crippen molar-refractivity contribution < 1.29 is 18.7 Å². The summed E-state index contributed by atoms with van der Waals surface area (Å²) in [4.78, 5) is 30.9. The Bertz CT molecular complexity index is 1360. The van der Waals surface area contributed by atoms with Crippen molar-refractivity contribution in [2.45, 2.75) is 62.8 Å². The maximum Gasteiger partial charge on any atom is 0.274 e. The lowest BCUT2D eigenvalue weighted by molar-refractivity contribution is 0.0154. The van der Waals surface area contributed by atoms with Gasteiger partial charge >= 0.3 is 0 Å². The molecule has 0 aromatic carbocycles. The normalized spacial score (nSPS) is 29.1. The van der Waals surface area contributed by atoms with Crippen LogP contribution in [0.15, 0.2) is 41.6 Å². The van der Waals surface area contributed by atoms with Crippen LogP contribution >= 0.6 is 0 Å². The van der Waals surface area contributed by atoms with E-state index in [-0.39, 0.29) is 16.7 Å². The van der Waals surface area contributed by atoms with Gasteiger partial charge in [-0.2, -0.15) is 0 Å². The van der Waals surface area contributed by atoms with Crippen LogP contribution in [0.4, 0.5) is 10.1 Å². The van der Waals surface area contributed by atoms with Crippen molar-refractivity contribution in [3.63, 3.8) is 0 Å². The number of carbonyl (C=O) groups excluding carboxylic acids is 1. The second-order valence-electron chi connectivity index (χ2n) is 10.1. The lowest BCUT2D eigenvalue weighted by Crippen LogP contribution is -2.45. The maximum absolute atomic E-state index is 13.5. The first-order chi connectivity index (χ1) is 16.3. The molecule has 0 radical (unpaired) electrons. The molecule has 2 bridgehead atoms. The number of nitrogens with one attached hydrogen (secondary N) is 1. The Hall–Kier alpha value is -3.20. The van der Waals surface area contributed by atoms with Crippen molar-refractivity contribution in [2.24, 2.45) is 0 Å². The average molecular weight is 467 g/mol. The molecule has 4 aliphatic rings. The van der Waals surface area contributed by atoms with Gasteiger partial charge in [-0.15, -0.1) is 0 Å². The first kappa shape index (κ1) is 21.3.